The van der Waals surface area contributed by atoms with Crippen molar-refractivity contribution in [1.29, 1.82) is 0 Å². The molecule has 308 valence electrons. The highest BCUT2D eigenvalue weighted by Crippen LogP contribution is 2.55. The molecule has 0 saturated carbocycles. The van der Waals surface area contributed by atoms with Crippen molar-refractivity contribution in [1.82, 2.24) is 4.57 Å². The SMILES string of the molecule is OC1(c2ccccc2-c2ccccc2N(c2ccccc2)c2ccc3c4ccccc4n(-c4ccccc4)c3c2)c2ccccc2-c2ccc(N(c3ccccc3)c3ccccc3)cc21. The van der Waals surface area contributed by atoms with Crippen molar-refractivity contribution in [3.05, 3.63) is 271 Å². The molecule has 0 bridgehead atoms. The summed E-state index contributed by atoms with van der Waals surface area (Å²) < 4.78 is 2.37. The number of rotatable bonds is 9. The van der Waals surface area contributed by atoms with E-state index in [2.05, 4.69) is 251 Å². The number of aliphatic hydroxyl groups is 1. The number of para-hydroxylation sites is 6. The molecule has 0 amide bonds. The maximum Gasteiger partial charge on any atom is 0.142 e. The van der Waals surface area contributed by atoms with Crippen LogP contribution in [0.5, 0.6) is 0 Å². The van der Waals surface area contributed by atoms with Crippen LogP contribution < -0.4 is 9.80 Å². The van der Waals surface area contributed by atoms with Gasteiger partial charge in [0.25, 0.3) is 0 Å². The predicted octanol–water partition coefficient (Wildman–Crippen LogP) is 15.7. The zero-order chi connectivity index (χ0) is 43.3. The van der Waals surface area contributed by atoms with Crippen molar-refractivity contribution in [2.45, 2.75) is 5.60 Å². The molecule has 1 atom stereocenters. The van der Waals surface area contributed by atoms with Crippen LogP contribution in [-0.4, -0.2) is 9.67 Å². The predicted molar refractivity (Wildman–Crippen MR) is 270 cm³/mol. The van der Waals surface area contributed by atoms with Crippen LogP contribution in [-0.2, 0) is 5.60 Å². The first-order valence-corrected chi connectivity index (χ1v) is 22.2. The van der Waals surface area contributed by atoms with Gasteiger partial charge in [-0.3, -0.25) is 0 Å². The van der Waals surface area contributed by atoms with Gasteiger partial charge in [-0.25, -0.2) is 0 Å². The lowest BCUT2D eigenvalue weighted by atomic mass is 9.79. The van der Waals surface area contributed by atoms with Gasteiger partial charge < -0.3 is 19.5 Å². The van der Waals surface area contributed by atoms with Crippen LogP contribution in [0.25, 0.3) is 49.7 Å². The van der Waals surface area contributed by atoms with E-state index in [9.17, 15) is 5.11 Å². The summed E-state index contributed by atoms with van der Waals surface area (Å²) in [7, 11) is 0. The summed E-state index contributed by atoms with van der Waals surface area (Å²) in [6, 6.07) is 89.4. The maximum atomic E-state index is 13.9. The van der Waals surface area contributed by atoms with Crippen molar-refractivity contribution in [2.75, 3.05) is 9.80 Å². The summed E-state index contributed by atoms with van der Waals surface area (Å²) in [4.78, 5) is 4.62. The van der Waals surface area contributed by atoms with E-state index in [1.165, 1.54) is 10.8 Å². The molecule has 0 radical (unpaired) electrons. The first-order valence-electron chi connectivity index (χ1n) is 22.2. The van der Waals surface area contributed by atoms with Crippen LogP contribution >= 0.6 is 0 Å². The van der Waals surface area contributed by atoms with Crippen LogP contribution in [0.2, 0.25) is 0 Å². The van der Waals surface area contributed by atoms with E-state index in [4.69, 9.17) is 0 Å². The van der Waals surface area contributed by atoms with Gasteiger partial charge in [0.2, 0.25) is 0 Å². The second-order valence-electron chi connectivity index (χ2n) is 16.6. The highest BCUT2D eigenvalue weighted by molar-refractivity contribution is 6.10. The van der Waals surface area contributed by atoms with Gasteiger partial charge in [0, 0.05) is 67.2 Å². The summed E-state index contributed by atoms with van der Waals surface area (Å²) >= 11 is 0. The Morgan fingerprint density at radius 3 is 1.40 bits per heavy atom. The van der Waals surface area contributed by atoms with E-state index in [1.54, 1.807) is 0 Å². The van der Waals surface area contributed by atoms with Gasteiger partial charge in [-0.15, -0.1) is 0 Å². The molecule has 65 heavy (non-hydrogen) atoms. The summed E-state index contributed by atoms with van der Waals surface area (Å²) in [6.45, 7) is 0. The number of anilines is 6. The Bertz CT molecular complexity index is 3470. The molecule has 0 saturated heterocycles. The number of aromatic nitrogens is 1. The second-order valence-corrected chi connectivity index (χ2v) is 16.6. The van der Waals surface area contributed by atoms with Crippen LogP contribution in [0.4, 0.5) is 34.1 Å². The van der Waals surface area contributed by atoms with Gasteiger partial charge in [0.15, 0.2) is 0 Å². The lowest BCUT2D eigenvalue weighted by molar-refractivity contribution is 0.131. The number of nitrogens with zero attached hydrogens (tertiary/aromatic N) is 3. The van der Waals surface area contributed by atoms with Crippen molar-refractivity contribution >= 4 is 55.9 Å². The van der Waals surface area contributed by atoms with Crippen molar-refractivity contribution in [3.8, 4) is 27.9 Å². The molecule has 4 heteroatoms. The summed E-state index contributed by atoms with van der Waals surface area (Å²) in [6.07, 6.45) is 0. The molecule has 0 fully saturated rings. The van der Waals surface area contributed by atoms with Gasteiger partial charge in [0.05, 0.1) is 16.7 Å². The smallest absolute Gasteiger partial charge is 0.142 e. The Morgan fingerprint density at radius 1 is 0.308 bits per heavy atom. The van der Waals surface area contributed by atoms with Gasteiger partial charge in [0.1, 0.15) is 5.60 Å². The zero-order valence-electron chi connectivity index (χ0n) is 35.5. The van der Waals surface area contributed by atoms with Crippen LogP contribution in [0.15, 0.2) is 255 Å². The molecular weight excluding hydrogens is 791 g/mol. The first kappa shape index (κ1) is 38.3. The molecule has 1 aliphatic carbocycles. The third-order valence-corrected chi connectivity index (χ3v) is 13.0. The van der Waals surface area contributed by atoms with E-state index in [1.807, 2.05) is 18.2 Å². The fourth-order valence-corrected chi connectivity index (χ4v) is 10.2. The van der Waals surface area contributed by atoms with Gasteiger partial charge in [-0.1, -0.05) is 170 Å². The summed E-state index contributed by atoms with van der Waals surface area (Å²) in [5.41, 5.74) is 14.5. The minimum atomic E-state index is -1.49. The highest BCUT2D eigenvalue weighted by Gasteiger charge is 2.45. The van der Waals surface area contributed by atoms with Gasteiger partial charge in [-0.2, -0.15) is 0 Å². The molecule has 1 heterocycles. The van der Waals surface area contributed by atoms with E-state index in [0.717, 1.165) is 89.8 Å². The fraction of sp³-hybridized carbons (Fsp3) is 0.0164. The van der Waals surface area contributed by atoms with Crippen molar-refractivity contribution in [3.63, 3.8) is 0 Å². The maximum absolute atomic E-state index is 13.9. The normalized spacial score (nSPS) is 14.0. The Morgan fingerprint density at radius 2 is 0.754 bits per heavy atom. The molecule has 0 aliphatic heterocycles. The molecule has 11 aromatic rings. The number of benzene rings is 10. The molecule has 10 aromatic carbocycles. The van der Waals surface area contributed by atoms with Gasteiger partial charge in [-0.05, 0) is 102 Å². The summed E-state index contributed by atoms with van der Waals surface area (Å²) in [5, 5.41) is 16.3. The topological polar surface area (TPSA) is 31.6 Å². The minimum Gasteiger partial charge on any atom is -0.376 e. The molecule has 4 nitrogen and oxygen atoms in total. The lowest BCUT2D eigenvalue weighted by Gasteiger charge is -2.32. The standard InChI is InChI=1S/C61H43N3O/c65-61(55-33-17-13-29-49(55)51-39-37-47(41-57(51)61)62(43-21-5-1-6-22-43)44-23-7-2-8-24-44)56-34-18-14-30-50(56)52-31-15-19-35-58(52)63(45-25-9-3-10-26-45)48-38-40-54-53-32-16-20-36-59(53)64(60(54)42-48)46-27-11-4-12-28-46/h1-42,65H. The molecule has 1 aliphatic rings. The average molecular weight is 834 g/mol. The molecule has 12 rings (SSSR count). The van der Waals surface area contributed by atoms with E-state index in [0.29, 0.717) is 0 Å². The number of hydrogen-bond acceptors (Lipinski definition) is 3. The van der Waals surface area contributed by atoms with E-state index >= 15 is 0 Å². The van der Waals surface area contributed by atoms with E-state index < -0.39 is 5.60 Å². The van der Waals surface area contributed by atoms with Crippen LogP contribution in [0, 0.1) is 0 Å². The Hall–Kier alpha value is -8.44. The number of hydrogen-bond donors (Lipinski definition) is 1. The third kappa shape index (κ3) is 6.26. The quantitative estimate of drug-likeness (QED) is 0.157. The third-order valence-electron chi connectivity index (χ3n) is 13.0. The molecule has 1 unspecified atom stereocenters. The Balaban J connectivity index is 1.06. The minimum absolute atomic E-state index is 0.814. The lowest BCUT2D eigenvalue weighted by Crippen LogP contribution is -2.27. The largest absolute Gasteiger partial charge is 0.376 e. The van der Waals surface area contributed by atoms with Crippen LogP contribution in [0.3, 0.4) is 0 Å². The molecule has 1 aromatic heterocycles. The highest BCUT2D eigenvalue weighted by atomic mass is 16.3. The second kappa shape index (κ2) is 15.7. The average Bonchev–Trinajstić information content (AvgIpc) is 3.84. The Labute approximate surface area is 378 Å². The summed E-state index contributed by atoms with van der Waals surface area (Å²) in [5.74, 6) is 0. The number of fused-ring (bicyclic) bond motifs is 6. The van der Waals surface area contributed by atoms with Crippen LogP contribution in [0.1, 0.15) is 16.7 Å². The first-order chi connectivity index (χ1) is 32.2. The zero-order valence-corrected chi connectivity index (χ0v) is 35.5. The molecule has 1 N–H and O–H groups in total. The molecular formula is C61H43N3O. The van der Waals surface area contributed by atoms with E-state index in [-0.39, 0.29) is 0 Å². The fourth-order valence-electron chi connectivity index (χ4n) is 10.2. The van der Waals surface area contributed by atoms with Crippen molar-refractivity contribution < 1.29 is 5.11 Å². The Kier molecular flexibility index (Phi) is 9.25. The molecule has 0 spiro atoms. The van der Waals surface area contributed by atoms with Gasteiger partial charge >= 0.3 is 0 Å². The monoisotopic (exact) mass is 833 g/mol. The van der Waals surface area contributed by atoms with Crippen molar-refractivity contribution in [2.24, 2.45) is 0 Å².